The summed E-state index contributed by atoms with van der Waals surface area (Å²) in [6.07, 6.45) is 0.460. The fourth-order valence-electron chi connectivity index (χ4n) is 2.14. The first-order chi connectivity index (χ1) is 9.11. The molecule has 1 N–H and O–H groups in total. The van der Waals surface area contributed by atoms with E-state index in [2.05, 4.69) is 26.0 Å². The van der Waals surface area contributed by atoms with E-state index >= 15 is 0 Å². The molecule has 1 aromatic heterocycles. The Balaban J connectivity index is 2.18. The number of hydrogen-bond donors (Lipinski definition) is 1. The van der Waals surface area contributed by atoms with Crippen molar-refractivity contribution in [3.8, 4) is 5.75 Å². The zero-order valence-electron chi connectivity index (χ0n) is 11.6. The SMILES string of the molecule is COc1ccsc1C(O)c1ccc(CC(C)C)cc1. The first-order valence-electron chi connectivity index (χ1n) is 6.50. The van der Waals surface area contributed by atoms with Crippen LogP contribution in [0.3, 0.4) is 0 Å². The molecule has 0 fully saturated rings. The maximum Gasteiger partial charge on any atom is 0.135 e. The highest BCUT2D eigenvalue weighted by molar-refractivity contribution is 7.10. The standard InChI is InChI=1S/C16H20O2S/c1-11(2)10-12-4-6-13(7-5-12)15(17)16-14(18-3)8-9-19-16/h4-9,11,15,17H,10H2,1-3H3. The molecule has 2 nitrogen and oxygen atoms in total. The van der Waals surface area contributed by atoms with Crippen molar-refractivity contribution in [3.05, 3.63) is 51.7 Å². The van der Waals surface area contributed by atoms with E-state index < -0.39 is 6.10 Å². The van der Waals surface area contributed by atoms with Crippen molar-refractivity contribution in [1.29, 1.82) is 0 Å². The summed E-state index contributed by atoms with van der Waals surface area (Å²) >= 11 is 1.52. The van der Waals surface area contributed by atoms with Crippen molar-refractivity contribution in [2.75, 3.05) is 7.11 Å². The topological polar surface area (TPSA) is 29.5 Å². The third-order valence-electron chi connectivity index (χ3n) is 3.06. The second kappa shape index (κ2) is 6.22. The van der Waals surface area contributed by atoms with Crippen LogP contribution in [0.1, 0.15) is 36.0 Å². The van der Waals surface area contributed by atoms with Crippen molar-refractivity contribution in [1.82, 2.24) is 0 Å². The molecule has 0 aliphatic heterocycles. The predicted octanol–water partition coefficient (Wildman–Crippen LogP) is 4.04. The van der Waals surface area contributed by atoms with E-state index in [4.69, 9.17) is 4.74 Å². The van der Waals surface area contributed by atoms with E-state index in [-0.39, 0.29) is 0 Å². The highest BCUT2D eigenvalue weighted by Crippen LogP contribution is 2.34. The Kier molecular flexibility index (Phi) is 4.61. The number of methoxy groups -OCH3 is 1. The van der Waals surface area contributed by atoms with Gasteiger partial charge in [0.25, 0.3) is 0 Å². The highest BCUT2D eigenvalue weighted by Gasteiger charge is 2.16. The van der Waals surface area contributed by atoms with E-state index in [0.717, 1.165) is 22.6 Å². The lowest BCUT2D eigenvalue weighted by atomic mass is 10.00. The number of benzene rings is 1. The van der Waals surface area contributed by atoms with Gasteiger partial charge in [0.1, 0.15) is 11.9 Å². The lowest BCUT2D eigenvalue weighted by molar-refractivity contribution is 0.219. The van der Waals surface area contributed by atoms with E-state index in [9.17, 15) is 5.11 Å². The Morgan fingerprint density at radius 1 is 1.16 bits per heavy atom. The van der Waals surface area contributed by atoms with Crippen molar-refractivity contribution in [3.63, 3.8) is 0 Å². The van der Waals surface area contributed by atoms with Crippen LogP contribution in [0.15, 0.2) is 35.7 Å². The molecule has 1 heterocycles. The van der Waals surface area contributed by atoms with Crippen LogP contribution >= 0.6 is 11.3 Å². The smallest absolute Gasteiger partial charge is 0.135 e. The Morgan fingerprint density at radius 3 is 2.42 bits per heavy atom. The molecule has 0 amide bonds. The second-order valence-electron chi connectivity index (χ2n) is 5.10. The fourth-order valence-corrected chi connectivity index (χ4v) is 3.01. The molecule has 0 spiro atoms. The van der Waals surface area contributed by atoms with Gasteiger partial charge >= 0.3 is 0 Å². The third-order valence-corrected chi connectivity index (χ3v) is 4.02. The van der Waals surface area contributed by atoms with E-state index in [1.165, 1.54) is 16.9 Å². The number of aliphatic hydroxyl groups excluding tert-OH is 1. The summed E-state index contributed by atoms with van der Waals surface area (Å²) in [7, 11) is 1.63. The zero-order chi connectivity index (χ0) is 13.8. The number of thiophene rings is 1. The van der Waals surface area contributed by atoms with Crippen LogP contribution in [0.25, 0.3) is 0 Å². The molecule has 2 rings (SSSR count). The Morgan fingerprint density at radius 2 is 1.84 bits per heavy atom. The molecule has 0 radical (unpaired) electrons. The molecule has 2 aromatic rings. The summed E-state index contributed by atoms with van der Waals surface area (Å²) in [5, 5.41) is 12.3. The van der Waals surface area contributed by atoms with Crippen LogP contribution in [0, 0.1) is 5.92 Å². The van der Waals surface area contributed by atoms with Gasteiger partial charge in [0.05, 0.1) is 12.0 Å². The van der Waals surface area contributed by atoms with Gasteiger partial charge in [-0.15, -0.1) is 11.3 Å². The van der Waals surface area contributed by atoms with Gasteiger partial charge in [-0.25, -0.2) is 0 Å². The molecule has 0 saturated carbocycles. The molecule has 1 atom stereocenters. The minimum atomic E-state index is -0.608. The largest absolute Gasteiger partial charge is 0.495 e. The van der Waals surface area contributed by atoms with Crippen LogP contribution < -0.4 is 4.74 Å². The predicted molar refractivity (Wildman–Crippen MR) is 79.9 cm³/mol. The van der Waals surface area contributed by atoms with Crippen LogP contribution in [0.2, 0.25) is 0 Å². The summed E-state index contributed by atoms with van der Waals surface area (Å²) in [5.74, 6) is 1.40. The molecule has 0 bridgehead atoms. The zero-order valence-corrected chi connectivity index (χ0v) is 12.4. The first-order valence-corrected chi connectivity index (χ1v) is 7.38. The maximum absolute atomic E-state index is 10.4. The van der Waals surface area contributed by atoms with Gasteiger partial charge in [-0.1, -0.05) is 38.1 Å². The van der Waals surface area contributed by atoms with Gasteiger partial charge in [-0.05, 0) is 34.9 Å². The summed E-state index contributed by atoms with van der Waals surface area (Å²) in [6, 6.07) is 10.1. The molecular formula is C16H20O2S. The average molecular weight is 276 g/mol. The number of hydrogen-bond acceptors (Lipinski definition) is 3. The van der Waals surface area contributed by atoms with Crippen molar-refractivity contribution < 1.29 is 9.84 Å². The Hall–Kier alpha value is -1.32. The highest BCUT2D eigenvalue weighted by atomic mass is 32.1. The molecule has 1 aromatic carbocycles. The Bertz CT molecular complexity index is 514. The molecule has 3 heteroatoms. The normalized spacial score (nSPS) is 12.7. The Labute approximate surface area is 118 Å². The van der Waals surface area contributed by atoms with Crippen LogP contribution in [0.4, 0.5) is 0 Å². The molecule has 0 saturated heterocycles. The fraction of sp³-hybridized carbons (Fsp3) is 0.375. The monoisotopic (exact) mass is 276 g/mol. The van der Waals surface area contributed by atoms with Gasteiger partial charge < -0.3 is 9.84 Å². The van der Waals surface area contributed by atoms with E-state index in [0.29, 0.717) is 5.92 Å². The number of ether oxygens (including phenoxy) is 1. The third kappa shape index (κ3) is 3.37. The molecule has 102 valence electrons. The minimum Gasteiger partial charge on any atom is -0.495 e. The summed E-state index contributed by atoms with van der Waals surface area (Å²) in [6.45, 7) is 4.42. The molecule has 0 aliphatic carbocycles. The lowest BCUT2D eigenvalue weighted by Gasteiger charge is -2.12. The summed E-state index contributed by atoms with van der Waals surface area (Å²) in [4.78, 5) is 0.860. The minimum absolute atomic E-state index is 0.608. The van der Waals surface area contributed by atoms with Gasteiger partial charge in [0.15, 0.2) is 0 Å². The van der Waals surface area contributed by atoms with Crippen molar-refractivity contribution in [2.24, 2.45) is 5.92 Å². The van der Waals surface area contributed by atoms with Gasteiger partial charge in [0.2, 0.25) is 0 Å². The molecule has 19 heavy (non-hydrogen) atoms. The van der Waals surface area contributed by atoms with Crippen LogP contribution in [-0.2, 0) is 6.42 Å². The number of aliphatic hydroxyl groups is 1. The van der Waals surface area contributed by atoms with Gasteiger partial charge in [0, 0.05) is 0 Å². The quantitative estimate of drug-likeness (QED) is 0.893. The summed E-state index contributed by atoms with van der Waals surface area (Å²) in [5.41, 5.74) is 2.22. The average Bonchev–Trinajstić information content (AvgIpc) is 2.86. The maximum atomic E-state index is 10.4. The first kappa shape index (κ1) is 14.1. The van der Waals surface area contributed by atoms with E-state index in [1.807, 2.05) is 23.6 Å². The van der Waals surface area contributed by atoms with E-state index in [1.54, 1.807) is 7.11 Å². The number of rotatable bonds is 5. The lowest BCUT2D eigenvalue weighted by Crippen LogP contribution is -2.00. The van der Waals surface area contributed by atoms with Gasteiger partial charge in [-0.3, -0.25) is 0 Å². The second-order valence-corrected chi connectivity index (χ2v) is 6.04. The van der Waals surface area contributed by atoms with Crippen molar-refractivity contribution >= 4 is 11.3 Å². The summed E-state index contributed by atoms with van der Waals surface area (Å²) < 4.78 is 5.25. The molecular weight excluding hydrogens is 256 g/mol. The van der Waals surface area contributed by atoms with Crippen LogP contribution in [-0.4, -0.2) is 12.2 Å². The molecule has 1 unspecified atom stereocenters. The van der Waals surface area contributed by atoms with Crippen molar-refractivity contribution in [2.45, 2.75) is 26.4 Å². The molecule has 0 aliphatic rings. The van der Waals surface area contributed by atoms with Gasteiger partial charge in [-0.2, -0.15) is 0 Å². The van der Waals surface area contributed by atoms with Crippen LogP contribution in [0.5, 0.6) is 5.75 Å².